The maximum absolute atomic E-state index is 10.7. The second-order valence-corrected chi connectivity index (χ2v) is 4.06. The fraction of sp³-hybridized carbons (Fsp3) is 0.133. The highest BCUT2D eigenvalue weighted by Gasteiger charge is 2.14. The second-order valence-electron chi connectivity index (χ2n) is 4.06. The highest BCUT2D eigenvalue weighted by molar-refractivity contribution is 5.64. The van der Waals surface area contributed by atoms with Crippen molar-refractivity contribution in [2.45, 2.75) is 5.92 Å². The van der Waals surface area contributed by atoms with Crippen LogP contribution in [-0.2, 0) is 0 Å². The first-order valence-electron chi connectivity index (χ1n) is 5.84. The van der Waals surface area contributed by atoms with Gasteiger partial charge in [-0.25, -0.2) is 4.79 Å². The molecule has 0 aliphatic carbocycles. The molecule has 92 valence electrons. The summed E-state index contributed by atoms with van der Waals surface area (Å²) in [6, 6.07) is 19.8. The molecule has 0 atom stereocenters. The molecule has 0 aliphatic heterocycles. The molecule has 2 aromatic carbocycles. The van der Waals surface area contributed by atoms with E-state index in [1.807, 2.05) is 60.7 Å². The van der Waals surface area contributed by atoms with Crippen molar-refractivity contribution in [3.63, 3.8) is 0 Å². The fourth-order valence-electron chi connectivity index (χ4n) is 1.99. The Morgan fingerprint density at radius 1 is 0.944 bits per heavy atom. The Labute approximate surface area is 106 Å². The van der Waals surface area contributed by atoms with Gasteiger partial charge in [-0.05, 0) is 11.1 Å². The van der Waals surface area contributed by atoms with Crippen LogP contribution in [0.5, 0.6) is 0 Å². The highest BCUT2D eigenvalue weighted by Crippen LogP contribution is 2.23. The second kappa shape index (κ2) is 5.87. The molecule has 2 aromatic rings. The van der Waals surface area contributed by atoms with Gasteiger partial charge in [0.25, 0.3) is 0 Å². The van der Waals surface area contributed by atoms with Gasteiger partial charge in [0, 0.05) is 12.5 Å². The lowest BCUT2D eigenvalue weighted by Gasteiger charge is -2.17. The van der Waals surface area contributed by atoms with E-state index in [1.165, 1.54) is 0 Å². The third-order valence-corrected chi connectivity index (χ3v) is 2.86. The number of nitrogens with one attached hydrogen (secondary N) is 1. The van der Waals surface area contributed by atoms with Crippen molar-refractivity contribution in [1.29, 1.82) is 0 Å². The molecule has 1 amide bonds. The smallest absolute Gasteiger partial charge is 0.404 e. The summed E-state index contributed by atoms with van der Waals surface area (Å²) in [5, 5.41) is 11.2. The molecular formula is C15H15NO2. The van der Waals surface area contributed by atoms with Gasteiger partial charge in [-0.2, -0.15) is 0 Å². The van der Waals surface area contributed by atoms with Crippen LogP contribution in [0.1, 0.15) is 17.0 Å². The molecular weight excluding hydrogens is 226 g/mol. The van der Waals surface area contributed by atoms with E-state index < -0.39 is 6.09 Å². The monoisotopic (exact) mass is 241 g/mol. The number of benzene rings is 2. The van der Waals surface area contributed by atoms with Crippen molar-refractivity contribution in [1.82, 2.24) is 5.32 Å². The van der Waals surface area contributed by atoms with E-state index in [9.17, 15) is 4.79 Å². The Kier molecular flexibility index (Phi) is 3.97. The molecule has 0 aliphatic rings. The normalized spacial score (nSPS) is 10.3. The summed E-state index contributed by atoms with van der Waals surface area (Å²) >= 11 is 0. The van der Waals surface area contributed by atoms with E-state index in [4.69, 9.17) is 5.11 Å². The molecule has 0 heterocycles. The zero-order valence-corrected chi connectivity index (χ0v) is 9.91. The van der Waals surface area contributed by atoms with Crippen LogP contribution >= 0.6 is 0 Å². The Bertz CT molecular complexity index is 457. The summed E-state index contributed by atoms with van der Waals surface area (Å²) in [7, 11) is 0. The average Bonchev–Trinajstić information content (AvgIpc) is 2.41. The number of hydrogen-bond donors (Lipinski definition) is 2. The predicted molar refractivity (Wildman–Crippen MR) is 70.8 cm³/mol. The van der Waals surface area contributed by atoms with Gasteiger partial charge in [0.15, 0.2) is 0 Å². The summed E-state index contributed by atoms with van der Waals surface area (Å²) < 4.78 is 0. The average molecular weight is 241 g/mol. The van der Waals surface area contributed by atoms with Gasteiger partial charge in [0.2, 0.25) is 0 Å². The highest BCUT2D eigenvalue weighted by atomic mass is 16.4. The molecule has 0 unspecified atom stereocenters. The minimum atomic E-state index is -0.994. The molecule has 18 heavy (non-hydrogen) atoms. The Hall–Kier alpha value is -2.29. The van der Waals surface area contributed by atoms with Crippen LogP contribution in [0.2, 0.25) is 0 Å². The van der Waals surface area contributed by atoms with Crippen molar-refractivity contribution in [3.8, 4) is 0 Å². The maximum Gasteiger partial charge on any atom is 0.404 e. The van der Waals surface area contributed by atoms with Crippen molar-refractivity contribution in [3.05, 3.63) is 71.8 Å². The fourth-order valence-corrected chi connectivity index (χ4v) is 1.99. The molecule has 0 radical (unpaired) electrons. The van der Waals surface area contributed by atoms with Gasteiger partial charge < -0.3 is 10.4 Å². The van der Waals surface area contributed by atoms with E-state index in [0.29, 0.717) is 6.54 Å². The lowest BCUT2D eigenvalue weighted by molar-refractivity contribution is 0.194. The summed E-state index contributed by atoms with van der Waals surface area (Å²) in [5.41, 5.74) is 2.22. The molecule has 2 N–H and O–H groups in total. The number of carboxylic acid groups (broad SMARTS) is 1. The van der Waals surface area contributed by atoms with Crippen molar-refractivity contribution in [2.24, 2.45) is 0 Å². The van der Waals surface area contributed by atoms with E-state index in [0.717, 1.165) is 11.1 Å². The minimum Gasteiger partial charge on any atom is -0.465 e. The third-order valence-electron chi connectivity index (χ3n) is 2.86. The van der Waals surface area contributed by atoms with Crippen molar-refractivity contribution in [2.75, 3.05) is 6.54 Å². The summed E-state index contributed by atoms with van der Waals surface area (Å²) in [6.45, 7) is 0.378. The van der Waals surface area contributed by atoms with Gasteiger partial charge in [-0.1, -0.05) is 60.7 Å². The molecule has 0 aromatic heterocycles. The van der Waals surface area contributed by atoms with Crippen LogP contribution in [0.15, 0.2) is 60.7 Å². The maximum atomic E-state index is 10.7. The van der Waals surface area contributed by atoms with Gasteiger partial charge in [0.05, 0.1) is 0 Å². The molecule has 3 nitrogen and oxygen atoms in total. The van der Waals surface area contributed by atoms with E-state index in [1.54, 1.807) is 0 Å². The molecule has 0 saturated carbocycles. The lowest BCUT2D eigenvalue weighted by atomic mass is 9.91. The molecule has 0 spiro atoms. The van der Waals surface area contributed by atoms with Crippen LogP contribution in [-0.4, -0.2) is 17.7 Å². The van der Waals surface area contributed by atoms with Gasteiger partial charge in [-0.15, -0.1) is 0 Å². The number of carbonyl (C=O) groups is 1. The van der Waals surface area contributed by atoms with Gasteiger partial charge >= 0.3 is 6.09 Å². The topological polar surface area (TPSA) is 49.3 Å². The zero-order valence-electron chi connectivity index (χ0n) is 9.91. The molecule has 3 heteroatoms. The number of amides is 1. The standard InChI is InChI=1S/C15H15NO2/c17-15(18)16-11-14(12-7-3-1-4-8-12)13-9-5-2-6-10-13/h1-10,14,16H,11H2,(H,17,18). The third kappa shape index (κ3) is 3.10. The molecule has 0 saturated heterocycles. The van der Waals surface area contributed by atoms with E-state index in [-0.39, 0.29) is 5.92 Å². The van der Waals surface area contributed by atoms with Crippen molar-refractivity contribution < 1.29 is 9.90 Å². The van der Waals surface area contributed by atoms with Crippen LogP contribution < -0.4 is 5.32 Å². The van der Waals surface area contributed by atoms with E-state index in [2.05, 4.69) is 5.32 Å². The van der Waals surface area contributed by atoms with Crippen molar-refractivity contribution >= 4 is 6.09 Å². The largest absolute Gasteiger partial charge is 0.465 e. The Morgan fingerprint density at radius 2 is 1.39 bits per heavy atom. The van der Waals surface area contributed by atoms with Gasteiger partial charge in [-0.3, -0.25) is 0 Å². The Morgan fingerprint density at radius 3 is 1.78 bits per heavy atom. The summed E-state index contributed by atoms with van der Waals surface area (Å²) in [5.74, 6) is 0.0449. The zero-order chi connectivity index (χ0) is 12.8. The SMILES string of the molecule is O=C(O)NCC(c1ccccc1)c1ccccc1. The lowest BCUT2D eigenvalue weighted by Crippen LogP contribution is -2.27. The Balaban J connectivity index is 2.26. The summed E-state index contributed by atoms with van der Waals surface area (Å²) in [6.07, 6.45) is -0.994. The number of rotatable bonds is 4. The predicted octanol–water partition coefficient (Wildman–Crippen LogP) is 3.09. The van der Waals surface area contributed by atoms with Crippen LogP contribution in [0.3, 0.4) is 0 Å². The van der Waals surface area contributed by atoms with E-state index >= 15 is 0 Å². The van der Waals surface area contributed by atoms with Crippen LogP contribution in [0, 0.1) is 0 Å². The van der Waals surface area contributed by atoms with Crippen LogP contribution in [0.25, 0.3) is 0 Å². The quantitative estimate of drug-likeness (QED) is 0.864. The minimum absolute atomic E-state index is 0.0449. The first-order valence-corrected chi connectivity index (χ1v) is 5.84. The molecule has 2 rings (SSSR count). The summed E-state index contributed by atoms with van der Waals surface area (Å²) in [4.78, 5) is 10.7. The van der Waals surface area contributed by atoms with Gasteiger partial charge in [0.1, 0.15) is 0 Å². The first-order chi connectivity index (χ1) is 8.77. The molecule has 0 fully saturated rings. The first kappa shape index (κ1) is 12.2. The number of hydrogen-bond acceptors (Lipinski definition) is 1. The molecule has 0 bridgehead atoms. The van der Waals surface area contributed by atoms with Crippen LogP contribution in [0.4, 0.5) is 4.79 Å².